The Hall–Kier alpha value is -5.17. The first kappa shape index (κ1) is 26.4. The minimum absolute atomic E-state index is 0.316. The van der Waals surface area contributed by atoms with Crippen molar-refractivity contribution in [2.24, 2.45) is 5.10 Å². The van der Waals surface area contributed by atoms with Crippen LogP contribution >= 0.6 is 0 Å². The number of hydrogen-bond donors (Lipinski definition) is 1. The fourth-order valence-corrected chi connectivity index (χ4v) is 4.26. The summed E-state index contributed by atoms with van der Waals surface area (Å²) in [5.41, 5.74) is 3.47. The van der Waals surface area contributed by atoms with E-state index < -0.39 is 18.0 Å². The maximum Gasteiger partial charge on any atom is 0.343 e. The summed E-state index contributed by atoms with van der Waals surface area (Å²) < 4.78 is 17.0. The lowest BCUT2D eigenvalue weighted by atomic mass is 10.0. The molecule has 0 aromatic heterocycles. The van der Waals surface area contributed by atoms with Crippen molar-refractivity contribution < 1.29 is 23.8 Å². The van der Waals surface area contributed by atoms with E-state index in [1.54, 1.807) is 37.3 Å². The molecule has 200 valence electrons. The van der Waals surface area contributed by atoms with Crippen LogP contribution < -0.4 is 19.6 Å². The van der Waals surface area contributed by atoms with Gasteiger partial charge in [-0.25, -0.2) is 10.2 Å². The second-order valence-corrected chi connectivity index (χ2v) is 9.05. The third-order valence-electron chi connectivity index (χ3n) is 6.31. The molecule has 7 heteroatoms. The van der Waals surface area contributed by atoms with Crippen LogP contribution in [0.5, 0.6) is 17.2 Å². The molecule has 1 amide bonds. The lowest BCUT2D eigenvalue weighted by molar-refractivity contribution is -0.127. The number of ether oxygens (including phenoxy) is 3. The second kappa shape index (κ2) is 12.1. The zero-order chi connectivity index (χ0) is 27.9. The molecule has 5 aromatic carbocycles. The Morgan fingerprint density at radius 3 is 2.27 bits per heavy atom. The van der Waals surface area contributed by atoms with Crippen LogP contribution in [-0.2, 0) is 4.79 Å². The summed E-state index contributed by atoms with van der Waals surface area (Å²) >= 11 is 0. The molecule has 0 bridgehead atoms. The highest BCUT2D eigenvalue weighted by Gasteiger charge is 2.16. The number of nitrogens with one attached hydrogen (secondary N) is 1. The van der Waals surface area contributed by atoms with Crippen molar-refractivity contribution >= 4 is 39.6 Å². The smallest absolute Gasteiger partial charge is 0.343 e. The molecular weight excluding hydrogens is 504 g/mol. The van der Waals surface area contributed by atoms with Crippen molar-refractivity contribution in [1.82, 2.24) is 5.43 Å². The van der Waals surface area contributed by atoms with Crippen molar-refractivity contribution in [1.29, 1.82) is 0 Å². The molecule has 0 spiro atoms. The van der Waals surface area contributed by atoms with Crippen molar-refractivity contribution in [3.05, 3.63) is 114 Å². The normalized spacial score (nSPS) is 11.8. The summed E-state index contributed by atoms with van der Waals surface area (Å²) in [5, 5.41) is 8.03. The number of carbonyl (C=O) groups excluding carboxylic acids is 2. The Morgan fingerprint density at radius 1 is 0.825 bits per heavy atom. The van der Waals surface area contributed by atoms with Gasteiger partial charge in [-0.15, -0.1) is 0 Å². The fourth-order valence-electron chi connectivity index (χ4n) is 4.26. The zero-order valence-corrected chi connectivity index (χ0v) is 22.2. The minimum Gasteiger partial charge on any atom is -0.494 e. The molecule has 1 atom stereocenters. The third-order valence-corrected chi connectivity index (χ3v) is 6.31. The van der Waals surface area contributed by atoms with Crippen LogP contribution in [0.4, 0.5) is 0 Å². The topological polar surface area (TPSA) is 86.2 Å². The molecule has 40 heavy (non-hydrogen) atoms. The molecule has 1 N–H and O–H groups in total. The highest BCUT2D eigenvalue weighted by atomic mass is 16.5. The van der Waals surface area contributed by atoms with Gasteiger partial charge in [0, 0.05) is 5.56 Å². The maximum atomic E-state index is 12.9. The minimum atomic E-state index is -0.789. The van der Waals surface area contributed by atoms with Gasteiger partial charge in [0.25, 0.3) is 5.91 Å². The van der Waals surface area contributed by atoms with Crippen LogP contribution in [0.3, 0.4) is 0 Å². The van der Waals surface area contributed by atoms with E-state index >= 15 is 0 Å². The van der Waals surface area contributed by atoms with Crippen LogP contribution in [0.25, 0.3) is 21.5 Å². The van der Waals surface area contributed by atoms with Gasteiger partial charge in [0.1, 0.15) is 17.2 Å². The molecule has 0 saturated heterocycles. The van der Waals surface area contributed by atoms with Crippen LogP contribution in [0.2, 0.25) is 0 Å². The highest BCUT2D eigenvalue weighted by Crippen LogP contribution is 2.28. The molecule has 0 aliphatic heterocycles. The molecule has 0 fully saturated rings. The number of fused-ring (bicyclic) bond motifs is 2. The summed E-state index contributed by atoms with van der Waals surface area (Å²) in [6, 6.07) is 31.6. The van der Waals surface area contributed by atoms with E-state index in [1.807, 2.05) is 79.7 Å². The van der Waals surface area contributed by atoms with E-state index in [9.17, 15) is 9.59 Å². The molecule has 0 unspecified atom stereocenters. The summed E-state index contributed by atoms with van der Waals surface area (Å²) in [6.45, 7) is 4.09. The van der Waals surface area contributed by atoms with Gasteiger partial charge in [0.15, 0.2) is 6.10 Å². The molecule has 7 nitrogen and oxygen atoms in total. The number of esters is 1. The number of hydrazone groups is 1. The lowest BCUT2D eigenvalue weighted by Crippen LogP contribution is -2.33. The van der Waals surface area contributed by atoms with Crippen molar-refractivity contribution in [2.75, 3.05) is 6.61 Å². The van der Waals surface area contributed by atoms with Gasteiger partial charge in [-0.3, -0.25) is 4.79 Å². The summed E-state index contributed by atoms with van der Waals surface area (Å²) in [5.74, 6) is 0.637. The Balaban J connectivity index is 1.31. The van der Waals surface area contributed by atoms with Crippen molar-refractivity contribution in [3.8, 4) is 17.2 Å². The zero-order valence-electron chi connectivity index (χ0n) is 22.2. The number of amides is 1. The standard InChI is InChI=1S/C33H28N2O5/c1-3-38-27-16-13-25(14-17-27)33(37)40-31-19-15-24-9-6-7-11-29(24)30(31)21-34-35-32(36)22(2)39-28-18-12-23-8-4-5-10-26(23)20-28/h4-22H,3H2,1-2H3,(H,35,36)/b34-21-/t22-/m1/s1. The SMILES string of the molecule is CCOc1ccc(C(=O)Oc2ccc3ccccc3c2/C=N\NC(=O)[C@@H](C)Oc2ccc3ccccc3c2)cc1. The van der Waals surface area contributed by atoms with E-state index in [2.05, 4.69) is 10.5 Å². The van der Waals surface area contributed by atoms with Gasteiger partial charge in [-0.2, -0.15) is 5.10 Å². The van der Waals surface area contributed by atoms with Crippen LogP contribution in [0, 0.1) is 0 Å². The largest absolute Gasteiger partial charge is 0.494 e. The molecule has 0 saturated carbocycles. The van der Waals surface area contributed by atoms with Crippen LogP contribution in [0.1, 0.15) is 29.8 Å². The Kier molecular flexibility index (Phi) is 8.02. The van der Waals surface area contributed by atoms with E-state index in [1.165, 1.54) is 6.21 Å². The van der Waals surface area contributed by atoms with E-state index in [4.69, 9.17) is 14.2 Å². The van der Waals surface area contributed by atoms with Gasteiger partial charge in [-0.05, 0) is 77.9 Å². The molecule has 0 radical (unpaired) electrons. The Morgan fingerprint density at radius 2 is 1.50 bits per heavy atom. The average molecular weight is 533 g/mol. The van der Waals surface area contributed by atoms with Gasteiger partial charge in [0.2, 0.25) is 0 Å². The third kappa shape index (κ3) is 6.10. The van der Waals surface area contributed by atoms with Gasteiger partial charge in [0.05, 0.1) is 18.4 Å². The van der Waals surface area contributed by atoms with Gasteiger partial charge >= 0.3 is 5.97 Å². The van der Waals surface area contributed by atoms with Gasteiger partial charge < -0.3 is 14.2 Å². The summed E-state index contributed by atoms with van der Waals surface area (Å²) in [4.78, 5) is 25.6. The first-order valence-corrected chi connectivity index (χ1v) is 13.0. The van der Waals surface area contributed by atoms with Crippen molar-refractivity contribution in [2.45, 2.75) is 20.0 Å². The van der Waals surface area contributed by atoms with Gasteiger partial charge in [-0.1, -0.05) is 60.7 Å². The Labute approximate surface area is 232 Å². The maximum absolute atomic E-state index is 12.9. The summed E-state index contributed by atoms with van der Waals surface area (Å²) in [7, 11) is 0. The van der Waals surface area contributed by atoms with E-state index in [-0.39, 0.29) is 0 Å². The van der Waals surface area contributed by atoms with Crippen LogP contribution in [-0.4, -0.2) is 30.8 Å². The first-order chi connectivity index (χ1) is 19.5. The molecular formula is C33H28N2O5. The van der Waals surface area contributed by atoms with Crippen molar-refractivity contribution in [3.63, 3.8) is 0 Å². The Bertz CT molecular complexity index is 1700. The molecule has 5 rings (SSSR count). The molecule has 0 aliphatic rings. The highest BCUT2D eigenvalue weighted by molar-refractivity contribution is 6.04. The number of rotatable bonds is 9. The number of carbonyl (C=O) groups is 2. The predicted octanol–water partition coefficient (Wildman–Crippen LogP) is 6.53. The average Bonchev–Trinajstić information content (AvgIpc) is 2.98. The monoisotopic (exact) mass is 532 g/mol. The summed E-state index contributed by atoms with van der Waals surface area (Å²) in [6.07, 6.45) is 0.687. The van der Waals surface area contributed by atoms with E-state index in [0.717, 1.165) is 21.5 Å². The second-order valence-electron chi connectivity index (χ2n) is 9.05. The fraction of sp³-hybridized carbons (Fsp3) is 0.121. The molecule has 5 aromatic rings. The predicted molar refractivity (Wildman–Crippen MR) is 156 cm³/mol. The number of nitrogens with zero attached hydrogens (tertiary/aromatic N) is 1. The van der Waals surface area contributed by atoms with E-state index in [0.29, 0.717) is 35.0 Å². The molecule has 0 heterocycles. The first-order valence-electron chi connectivity index (χ1n) is 13.0. The quantitative estimate of drug-likeness (QED) is 0.101. The number of benzene rings is 5. The number of hydrogen-bond acceptors (Lipinski definition) is 6. The van der Waals surface area contributed by atoms with Crippen LogP contribution in [0.15, 0.2) is 108 Å². The molecule has 0 aliphatic carbocycles. The lowest BCUT2D eigenvalue weighted by Gasteiger charge is -2.14.